The van der Waals surface area contributed by atoms with Gasteiger partial charge in [-0.25, -0.2) is 4.79 Å². The lowest BCUT2D eigenvalue weighted by atomic mass is 9.84. The fourth-order valence-electron chi connectivity index (χ4n) is 2.69. The van der Waals surface area contributed by atoms with Gasteiger partial charge < -0.3 is 5.32 Å². The van der Waals surface area contributed by atoms with Gasteiger partial charge in [-0.05, 0) is 44.4 Å². The van der Waals surface area contributed by atoms with E-state index in [9.17, 15) is 9.59 Å². The van der Waals surface area contributed by atoms with E-state index >= 15 is 0 Å². The molecule has 1 unspecified atom stereocenters. The third-order valence-corrected chi connectivity index (χ3v) is 3.22. The van der Waals surface area contributed by atoms with Gasteiger partial charge in [-0.3, -0.25) is 10.1 Å². The Morgan fingerprint density at radius 1 is 1.06 bits per heavy atom. The topological polar surface area (TPSA) is 58.2 Å². The summed E-state index contributed by atoms with van der Waals surface area (Å²) in [6.07, 6.45) is 0. The van der Waals surface area contributed by atoms with E-state index in [0.717, 1.165) is 22.3 Å². The van der Waals surface area contributed by atoms with Crippen molar-refractivity contribution in [3.8, 4) is 0 Å². The molecule has 4 heteroatoms. The summed E-state index contributed by atoms with van der Waals surface area (Å²) >= 11 is 0. The normalized spacial score (nSPS) is 23.5. The van der Waals surface area contributed by atoms with Crippen molar-refractivity contribution >= 4 is 11.9 Å². The number of hydrogen-bond donors (Lipinski definition) is 2. The fourth-order valence-corrected chi connectivity index (χ4v) is 2.69. The van der Waals surface area contributed by atoms with Crippen LogP contribution in [0.3, 0.4) is 0 Å². The van der Waals surface area contributed by atoms with E-state index < -0.39 is 11.6 Å². The van der Waals surface area contributed by atoms with Gasteiger partial charge in [-0.1, -0.05) is 17.7 Å². The zero-order valence-corrected chi connectivity index (χ0v) is 10.5. The Kier molecular flexibility index (Phi) is 2.45. The van der Waals surface area contributed by atoms with Crippen LogP contribution < -0.4 is 10.6 Å². The van der Waals surface area contributed by atoms with E-state index in [1.807, 2.05) is 32.9 Å². The molecule has 0 bridgehead atoms. The number of carbonyl (C=O) groups excluding carboxylic acids is 2. The molecule has 1 saturated heterocycles. The van der Waals surface area contributed by atoms with Gasteiger partial charge in [0.15, 0.2) is 0 Å². The number of amides is 3. The Morgan fingerprint density at radius 2 is 1.59 bits per heavy atom. The van der Waals surface area contributed by atoms with Crippen LogP contribution >= 0.6 is 0 Å². The Morgan fingerprint density at radius 3 is 2.00 bits per heavy atom. The highest BCUT2D eigenvalue weighted by Gasteiger charge is 2.44. The predicted molar refractivity (Wildman–Crippen MR) is 64.7 cm³/mol. The summed E-state index contributed by atoms with van der Waals surface area (Å²) in [6, 6.07) is 3.60. The lowest BCUT2D eigenvalue weighted by Crippen LogP contribution is -2.41. The molecule has 1 aromatic carbocycles. The molecule has 0 saturated carbocycles. The third kappa shape index (κ3) is 1.69. The van der Waals surface area contributed by atoms with Crippen molar-refractivity contribution in [1.82, 2.24) is 10.6 Å². The molecule has 1 heterocycles. The third-order valence-electron chi connectivity index (χ3n) is 3.22. The minimum atomic E-state index is -0.959. The Balaban J connectivity index is 2.62. The maximum atomic E-state index is 11.9. The van der Waals surface area contributed by atoms with E-state index in [-0.39, 0.29) is 5.91 Å². The predicted octanol–water partition coefficient (Wildman–Crippen LogP) is 1.67. The first kappa shape index (κ1) is 11.6. The van der Waals surface area contributed by atoms with Crippen molar-refractivity contribution in [2.24, 2.45) is 0 Å². The van der Waals surface area contributed by atoms with Gasteiger partial charge in [0.25, 0.3) is 5.91 Å². The minimum absolute atomic E-state index is 0.294. The molecule has 3 amide bonds. The first-order valence-corrected chi connectivity index (χ1v) is 5.56. The second kappa shape index (κ2) is 3.58. The standard InChI is InChI=1S/C13H16N2O2/c1-7-5-8(2)10(9(3)6-7)13(4)11(16)14-12(17)15-13/h5-6H,1-4H3,(H2,14,15,16,17). The summed E-state index contributed by atoms with van der Waals surface area (Å²) in [5.41, 5.74) is 3.10. The second-order valence-corrected chi connectivity index (χ2v) is 4.81. The molecule has 0 radical (unpaired) electrons. The number of urea groups is 1. The highest BCUT2D eigenvalue weighted by atomic mass is 16.2. The number of rotatable bonds is 1. The molecule has 1 fully saturated rings. The summed E-state index contributed by atoms with van der Waals surface area (Å²) < 4.78 is 0. The van der Waals surface area contributed by atoms with Crippen LogP contribution in [0.25, 0.3) is 0 Å². The largest absolute Gasteiger partial charge is 0.322 e. The lowest BCUT2D eigenvalue weighted by molar-refractivity contribution is -0.123. The van der Waals surface area contributed by atoms with Crippen molar-refractivity contribution in [3.63, 3.8) is 0 Å². The van der Waals surface area contributed by atoms with Gasteiger partial charge in [0.05, 0.1) is 0 Å². The molecule has 0 aliphatic carbocycles. The van der Waals surface area contributed by atoms with E-state index in [0.29, 0.717) is 0 Å². The molecular formula is C13H16N2O2. The summed E-state index contributed by atoms with van der Waals surface area (Å²) in [5.74, 6) is -0.294. The van der Waals surface area contributed by atoms with E-state index in [2.05, 4.69) is 10.6 Å². The number of benzene rings is 1. The van der Waals surface area contributed by atoms with Crippen molar-refractivity contribution in [2.45, 2.75) is 33.2 Å². The van der Waals surface area contributed by atoms with Crippen LogP contribution in [-0.2, 0) is 10.3 Å². The maximum absolute atomic E-state index is 11.9. The Bertz CT molecular complexity index is 499. The molecule has 90 valence electrons. The molecular weight excluding hydrogens is 216 g/mol. The second-order valence-electron chi connectivity index (χ2n) is 4.81. The SMILES string of the molecule is Cc1cc(C)c(C2(C)NC(=O)NC2=O)c(C)c1. The van der Waals surface area contributed by atoms with Crippen LogP contribution in [-0.4, -0.2) is 11.9 Å². The van der Waals surface area contributed by atoms with Crippen molar-refractivity contribution in [1.29, 1.82) is 0 Å². The number of carbonyl (C=O) groups is 2. The van der Waals surface area contributed by atoms with E-state index in [4.69, 9.17) is 0 Å². The molecule has 2 N–H and O–H groups in total. The van der Waals surface area contributed by atoms with Gasteiger partial charge in [0, 0.05) is 0 Å². The van der Waals surface area contributed by atoms with Crippen molar-refractivity contribution in [3.05, 3.63) is 34.4 Å². The fraction of sp³-hybridized carbons (Fsp3) is 0.385. The molecule has 1 aromatic rings. The van der Waals surface area contributed by atoms with Gasteiger partial charge in [-0.15, -0.1) is 0 Å². The lowest BCUT2D eigenvalue weighted by Gasteiger charge is -2.25. The molecule has 2 rings (SSSR count). The zero-order chi connectivity index (χ0) is 12.8. The summed E-state index contributed by atoms with van der Waals surface area (Å²) in [7, 11) is 0. The minimum Gasteiger partial charge on any atom is -0.320 e. The smallest absolute Gasteiger partial charge is 0.320 e. The van der Waals surface area contributed by atoms with Crippen molar-refractivity contribution in [2.75, 3.05) is 0 Å². The van der Waals surface area contributed by atoms with Gasteiger partial charge in [0.1, 0.15) is 5.54 Å². The maximum Gasteiger partial charge on any atom is 0.322 e. The van der Waals surface area contributed by atoms with Crippen LogP contribution in [0.2, 0.25) is 0 Å². The molecule has 0 spiro atoms. The molecule has 1 aliphatic heterocycles. The Labute approximate surface area is 100 Å². The van der Waals surface area contributed by atoms with Gasteiger partial charge in [-0.2, -0.15) is 0 Å². The molecule has 17 heavy (non-hydrogen) atoms. The molecule has 4 nitrogen and oxygen atoms in total. The summed E-state index contributed by atoms with van der Waals surface area (Å²) in [4.78, 5) is 23.2. The van der Waals surface area contributed by atoms with E-state index in [1.165, 1.54) is 0 Å². The molecule has 0 aromatic heterocycles. The number of aryl methyl sites for hydroxylation is 3. The average Bonchev–Trinajstić information content (AvgIpc) is 2.38. The van der Waals surface area contributed by atoms with Gasteiger partial charge in [0.2, 0.25) is 0 Å². The van der Waals surface area contributed by atoms with Crippen LogP contribution in [0.5, 0.6) is 0 Å². The van der Waals surface area contributed by atoms with Gasteiger partial charge >= 0.3 is 6.03 Å². The highest BCUT2D eigenvalue weighted by molar-refractivity contribution is 6.07. The monoisotopic (exact) mass is 232 g/mol. The first-order chi connectivity index (χ1) is 7.84. The average molecular weight is 232 g/mol. The summed E-state index contributed by atoms with van der Waals surface area (Å²) in [6.45, 7) is 7.66. The Hall–Kier alpha value is -1.84. The molecule has 1 aliphatic rings. The first-order valence-electron chi connectivity index (χ1n) is 5.56. The van der Waals surface area contributed by atoms with Crippen LogP contribution in [0.15, 0.2) is 12.1 Å². The summed E-state index contributed by atoms with van der Waals surface area (Å²) in [5, 5.41) is 4.98. The van der Waals surface area contributed by atoms with E-state index in [1.54, 1.807) is 6.92 Å². The highest BCUT2D eigenvalue weighted by Crippen LogP contribution is 2.30. The number of nitrogens with one attached hydrogen (secondary N) is 2. The quantitative estimate of drug-likeness (QED) is 0.723. The number of imide groups is 1. The van der Waals surface area contributed by atoms with Crippen molar-refractivity contribution < 1.29 is 9.59 Å². The number of hydrogen-bond acceptors (Lipinski definition) is 2. The van der Waals surface area contributed by atoms with Crippen LogP contribution in [0.4, 0.5) is 4.79 Å². The van der Waals surface area contributed by atoms with Crippen LogP contribution in [0.1, 0.15) is 29.2 Å². The zero-order valence-electron chi connectivity index (χ0n) is 10.5. The van der Waals surface area contributed by atoms with Crippen LogP contribution in [0, 0.1) is 20.8 Å². The molecule has 1 atom stereocenters.